The largest absolute Gasteiger partial charge is 0.438 e. The molecule has 20 heavy (non-hydrogen) atoms. The molecule has 2 aromatic heterocycles. The van der Waals surface area contributed by atoms with Gasteiger partial charge >= 0.3 is 0 Å². The number of hydrogen-bond donors (Lipinski definition) is 1. The van der Waals surface area contributed by atoms with Crippen LogP contribution in [0.1, 0.15) is 17.4 Å². The average Bonchev–Trinajstić information content (AvgIpc) is 2.92. The van der Waals surface area contributed by atoms with Crippen molar-refractivity contribution in [3.05, 3.63) is 47.1 Å². The fraction of sp³-hybridized carbons (Fsp3) is 0.200. The summed E-state index contributed by atoms with van der Waals surface area (Å²) < 4.78 is 5.86. The second-order valence-corrected chi connectivity index (χ2v) is 5.53. The van der Waals surface area contributed by atoms with Crippen molar-refractivity contribution in [1.82, 2.24) is 9.97 Å². The van der Waals surface area contributed by atoms with Crippen molar-refractivity contribution in [2.75, 3.05) is 0 Å². The molecule has 0 amide bonds. The molecule has 4 nitrogen and oxygen atoms in total. The Hall–Kier alpha value is -1.98. The van der Waals surface area contributed by atoms with Crippen LogP contribution in [0.3, 0.4) is 0 Å². The van der Waals surface area contributed by atoms with Crippen LogP contribution >= 0.6 is 11.3 Å². The van der Waals surface area contributed by atoms with Crippen molar-refractivity contribution in [1.29, 1.82) is 0 Å². The maximum Gasteiger partial charge on any atom is 0.231 e. The summed E-state index contributed by atoms with van der Waals surface area (Å²) in [5.41, 5.74) is 6.66. The number of fused-ring (bicyclic) bond motifs is 1. The molecule has 0 unspecified atom stereocenters. The summed E-state index contributed by atoms with van der Waals surface area (Å²) in [6, 6.07) is 9.83. The molecule has 3 aromatic rings. The third-order valence-electron chi connectivity index (χ3n) is 3.07. The van der Waals surface area contributed by atoms with Gasteiger partial charge in [-0.3, -0.25) is 0 Å². The molecule has 0 atom stereocenters. The highest BCUT2D eigenvalue weighted by atomic mass is 32.1. The maximum atomic E-state index is 5.86. The molecule has 0 fully saturated rings. The fourth-order valence-corrected chi connectivity index (χ4v) is 2.87. The van der Waals surface area contributed by atoms with E-state index >= 15 is 0 Å². The number of nitrogens with zero attached hydrogens (tertiary/aromatic N) is 2. The maximum absolute atomic E-state index is 5.86. The Kier molecular flexibility index (Phi) is 3.62. The summed E-state index contributed by atoms with van der Waals surface area (Å²) in [7, 11) is 0. The van der Waals surface area contributed by atoms with Crippen LogP contribution in [0, 0.1) is 0 Å². The molecular weight excluding hydrogens is 270 g/mol. The first kappa shape index (κ1) is 13.0. The van der Waals surface area contributed by atoms with Gasteiger partial charge in [-0.1, -0.05) is 19.1 Å². The first-order chi connectivity index (χ1) is 9.80. The molecule has 0 spiro atoms. The predicted molar refractivity (Wildman–Crippen MR) is 81.2 cm³/mol. The minimum absolute atomic E-state index is 0.530. The molecule has 0 bridgehead atoms. The van der Waals surface area contributed by atoms with E-state index in [4.69, 9.17) is 10.5 Å². The summed E-state index contributed by atoms with van der Waals surface area (Å²) in [5, 5.41) is 0.970. The molecule has 3 rings (SSSR count). The van der Waals surface area contributed by atoms with E-state index in [2.05, 4.69) is 23.0 Å². The van der Waals surface area contributed by atoms with Gasteiger partial charge in [0.2, 0.25) is 5.88 Å². The van der Waals surface area contributed by atoms with Crippen LogP contribution in [0.25, 0.3) is 10.2 Å². The zero-order chi connectivity index (χ0) is 13.9. The molecular formula is C15H15N3OS. The highest BCUT2D eigenvalue weighted by Crippen LogP contribution is 2.32. The first-order valence-corrected chi connectivity index (χ1v) is 7.32. The van der Waals surface area contributed by atoms with Gasteiger partial charge < -0.3 is 10.5 Å². The SMILES string of the molecule is CCc1cc2c(Oc3ccc(CN)cc3)ncnc2s1. The van der Waals surface area contributed by atoms with Crippen LogP contribution in [-0.2, 0) is 13.0 Å². The highest BCUT2D eigenvalue weighted by Gasteiger charge is 2.09. The van der Waals surface area contributed by atoms with Gasteiger partial charge in [0.1, 0.15) is 16.9 Å². The Bertz CT molecular complexity index is 722. The number of aromatic nitrogens is 2. The van der Waals surface area contributed by atoms with Crippen molar-refractivity contribution >= 4 is 21.6 Å². The number of ether oxygens (including phenoxy) is 1. The van der Waals surface area contributed by atoms with Gasteiger partial charge in [0.15, 0.2) is 0 Å². The molecule has 0 aliphatic rings. The Morgan fingerprint density at radius 1 is 1.20 bits per heavy atom. The molecule has 0 saturated carbocycles. The molecule has 0 saturated heterocycles. The van der Waals surface area contributed by atoms with Crippen LogP contribution in [0.15, 0.2) is 36.7 Å². The highest BCUT2D eigenvalue weighted by molar-refractivity contribution is 7.18. The van der Waals surface area contributed by atoms with Crippen LogP contribution in [0.2, 0.25) is 0 Å². The lowest BCUT2D eigenvalue weighted by Gasteiger charge is -2.05. The standard InChI is InChI=1S/C15H15N3OS/c1-2-12-7-13-14(17-9-18-15(13)20-12)19-11-5-3-10(8-16)4-6-11/h3-7,9H,2,8,16H2,1H3. The third kappa shape index (κ3) is 2.50. The van der Waals surface area contributed by atoms with Gasteiger partial charge in [0.05, 0.1) is 5.39 Å². The van der Waals surface area contributed by atoms with Gasteiger partial charge in [0, 0.05) is 11.4 Å². The van der Waals surface area contributed by atoms with Crippen LogP contribution in [0.4, 0.5) is 0 Å². The number of thiophene rings is 1. The number of rotatable bonds is 4. The number of aryl methyl sites for hydroxylation is 1. The van der Waals surface area contributed by atoms with E-state index in [0.717, 1.165) is 28.0 Å². The lowest BCUT2D eigenvalue weighted by molar-refractivity contribution is 0.468. The number of hydrogen-bond acceptors (Lipinski definition) is 5. The minimum Gasteiger partial charge on any atom is -0.438 e. The summed E-state index contributed by atoms with van der Waals surface area (Å²) >= 11 is 1.68. The van der Waals surface area contributed by atoms with E-state index in [-0.39, 0.29) is 0 Å². The second-order valence-electron chi connectivity index (χ2n) is 4.41. The molecule has 0 radical (unpaired) electrons. The lowest BCUT2D eigenvalue weighted by atomic mass is 10.2. The Labute approximate surface area is 121 Å². The molecule has 2 heterocycles. The molecule has 0 aliphatic heterocycles. The summed E-state index contributed by atoms with van der Waals surface area (Å²) in [6.45, 7) is 2.66. The smallest absolute Gasteiger partial charge is 0.231 e. The minimum atomic E-state index is 0.530. The summed E-state index contributed by atoms with van der Waals surface area (Å²) in [6.07, 6.45) is 2.54. The van der Waals surface area contributed by atoms with Crippen molar-refractivity contribution in [3.63, 3.8) is 0 Å². The lowest BCUT2D eigenvalue weighted by Crippen LogP contribution is -1.95. The van der Waals surface area contributed by atoms with Gasteiger partial charge in [0.25, 0.3) is 0 Å². The van der Waals surface area contributed by atoms with E-state index in [1.54, 1.807) is 17.7 Å². The monoisotopic (exact) mass is 285 g/mol. The van der Waals surface area contributed by atoms with Crippen LogP contribution < -0.4 is 10.5 Å². The predicted octanol–water partition coefficient (Wildman–Crippen LogP) is 3.50. The summed E-state index contributed by atoms with van der Waals surface area (Å²) in [5.74, 6) is 1.36. The molecule has 102 valence electrons. The Morgan fingerprint density at radius 2 is 2.00 bits per heavy atom. The van der Waals surface area contributed by atoms with E-state index < -0.39 is 0 Å². The second kappa shape index (κ2) is 5.56. The molecule has 1 aromatic carbocycles. The fourth-order valence-electron chi connectivity index (χ4n) is 1.94. The van der Waals surface area contributed by atoms with Crippen LogP contribution in [0.5, 0.6) is 11.6 Å². The normalized spacial score (nSPS) is 10.9. The topological polar surface area (TPSA) is 61.0 Å². The average molecular weight is 285 g/mol. The van der Waals surface area contributed by atoms with Crippen LogP contribution in [-0.4, -0.2) is 9.97 Å². The summed E-state index contributed by atoms with van der Waals surface area (Å²) in [4.78, 5) is 10.8. The van der Waals surface area contributed by atoms with Gasteiger partial charge in [-0.2, -0.15) is 0 Å². The zero-order valence-electron chi connectivity index (χ0n) is 11.2. The van der Waals surface area contributed by atoms with Crippen molar-refractivity contribution in [2.45, 2.75) is 19.9 Å². The molecule has 0 aliphatic carbocycles. The van der Waals surface area contributed by atoms with Gasteiger partial charge in [-0.25, -0.2) is 9.97 Å². The van der Waals surface area contributed by atoms with Gasteiger partial charge in [-0.15, -0.1) is 11.3 Å². The Balaban J connectivity index is 1.94. The van der Waals surface area contributed by atoms with Crippen molar-refractivity contribution in [3.8, 4) is 11.6 Å². The van der Waals surface area contributed by atoms with Crippen molar-refractivity contribution < 1.29 is 4.74 Å². The van der Waals surface area contributed by atoms with E-state index in [9.17, 15) is 0 Å². The Morgan fingerprint density at radius 3 is 2.70 bits per heavy atom. The van der Waals surface area contributed by atoms with E-state index in [1.165, 1.54) is 4.88 Å². The molecule has 2 N–H and O–H groups in total. The number of benzene rings is 1. The molecule has 5 heteroatoms. The van der Waals surface area contributed by atoms with E-state index in [0.29, 0.717) is 12.4 Å². The first-order valence-electron chi connectivity index (χ1n) is 6.50. The number of nitrogens with two attached hydrogens (primary N) is 1. The third-order valence-corrected chi connectivity index (χ3v) is 4.25. The quantitative estimate of drug-likeness (QED) is 0.797. The van der Waals surface area contributed by atoms with E-state index in [1.807, 2.05) is 24.3 Å². The van der Waals surface area contributed by atoms with Gasteiger partial charge in [-0.05, 0) is 30.2 Å². The van der Waals surface area contributed by atoms with Crippen molar-refractivity contribution in [2.24, 2.45) is 5.73 Å². The zero-order valence-corrected chi connectivity index (χ0v) is 12.0.